The first-order chi connectivity index (χ1) is 19.0. The molecule has 1 amide bonds. The summed E-state index contributed by atoms with van der Waals surface area (Å²) in [7, 11) is -3.80. The van der Waals surface area contributed by atoms with E-state index in [1.165, 1.54) is 12.1 Å². The molecule has 4 aromatic carbocycles. The van der Waals surface area contributed by atoms with Gasteiger partial charge < -0.3 is 15.7 Å². The molecule has 7 nitrogen and oxygen atoms in total. The van der Waals surface area contributed by atoms with E-state index in [0.717, 1.165) is 11.1 Å². The Labute approximate surface area is 236 Å². The molecule has 208 valence electrons. The highest BCUT2D eigenvalue weighted by atomic mass is 32.2. The van der Waals surface area contributed by atoms with E-state index in [2.05, 4.69) is 15.4 Å². The summed E-state index contributed by atoms with van der Waals surface area (Å²) in [5.74, 6) is -0.342. The van der Waals surface area contributed by atoms with Gasteiger partial charge in [0.25, 0.3) is 0 Å². The van der Waals surface area contributed by atoms with E-state index >= 15 is 0 Å². The third-order valence-electron chi connectivity index (χ3n) is 6.15. The Morgan fingerprint density at radius 2 is 1.45 bits per heavy atom. The number of aliphatic hydroxyl groups is 1. The van der Waals surface area contributed by atoms with Crippen LogP contribution in [-0.2, 0) is 21.2 Å². The number of fused-ring (bicyclic) bond motifs is 1. The molecule has 0 radical (unpaired) electrons. The molecule has 0 aliphatic rings. The number of rotatable bonds is 10. The Bertz CT molecular complexity index is 1580. The zero-order chi connectivity index (χ0) is 28.8. The number of nitrogens with one attached hydrogen (secondary N) is 3. The van der Waals surface area contributed by atoms with Crippen LogP contribution in [0.1, 0.15) is 31.9 Å². The van der Waals surface area contributed by atoms with Crippen molar-refractivity contribution in [2.24, 2.45) is 0 Å². The van der Waals surface area contributed by atoms with Crippen molar-refractivity contribution in [2.45, 2.75) is 49.9 Å². The van der Waals surface area contributed by atoms with Crippen LogP contribution in [0.4, 0.5) is 5.69 Å². The van der Waals surface area contributed by atoms with Crippen molar-refractivity contribution in [3.63, 3.8) is 0 Å². The van der Waals surface area contributed by atoms with E-state index in [0.29, 0.717) is 22.9 Å². The van der Waals surface area contributed by atoms with E-state index in [9.17, 15) is 18.3 Å². The van der Waals surface area contributed by atoms with Crippen molar-refractivity contribution in [2.75, 3.05) is 5.32 Å². The molecule has 0 aromatic heterocycles. The number of hydrogen-bond acceptors (Lipinski definition) is 5. The average molecular weight is 558 g/mol. The summed E-state index contributed by atoms with van der Waals surface area (Å²) in [6.07, 6.45) is 2.36. The highest BCUT2D eigenvalue weighted by molar-refractivity contribution is 7.89. The van der Waals surface area contributed by atoms with E-state index in [1.807, 2.05) is 66.7 Å². The molecule has 2 unspecified atom stereocenters. The van der Waals surface area contributed by atoms with Crippen molar-refractivity contribution in [3.8, 4) is 0 Å². The second-order valence-electron chi connectivity index (χ2n) is 10.7. The standard InChI is InChI=1S/C32H35N3O4S/c1-32(2,3)35-40(38,39)29-20-19-27(25-16-10-11-17-26(25)29)34-31(37)28(22-24-14-8-5-9-15-24)33-30(36)21-18-23-12-6-4-7-13-23/h4-21,28,31,34-35,37H,22H2,1-3H3,(H,33,36)/b21-18+. The highest BCUT2D eigenvalue weighted by Crippen LogP contribution is 2.30. The minimum Gasteiger partial charge on any atom is -0.372 e. The van der Waals surface area contributed by atoms with Gasteiger partial charge in [-0.1, -0.05) is 84.9 Å². The summed E-state index contributed by atoms with van der Waals surface area (Å²) in [4.78, 5) is 13.0. The molecule has 40 heavy (non-hydrogen) atoms. The lowest BCUT2D eigenvalue weighted by atomic mass is 10.0. The van der Waals surface area contributed by atoms with Gasteiger partial charge in [0.05, 0.1) is 10.9 Å². The average Bonchev–Trinajstić information content (AvgIpc) is 2.91. The Morgan fingerprint density at radius 1 is 0.850 bits per heavy atom. The molecule has 4 rings (SSSR count). The molecule has 4 aromatic rings. The van der Waals surface area contributed by atoms with Crippen LogP contribution in [0.15, 0.2) is 108 Å². The normalized spacial score (nSPS) is 13.7. The zero-order valence-electron chi connectivity index (χ0n) is 22.8. The summed E-state index contributed by atoms with van der Waals surface area (Å²) < 4.78 is 29.0. The van der Waals surface area contributed by atoms with Crippen LogP contribution in [0.2, 0.25) is 0 Å². The molecule has 0 saturated carbocycles. The number of sulfonamides is 1. The molecule has 8 heteroatoms. The topological polar surface area (TPSA) is 108 Å². The molecule has 0 bridgehead atoms. The molecule has 0 saturated heterocycles. The maximum atomic E-state index is 13.2. The van der Waals surface area contributed by atoms with E-state index in [-0.39, 0.29) is 10.8 Å². The number of amides is 1. The second kappa shape index (κ2) is 12.5. The Balaban J connectivity index is 1.61. The zero-order valence-corrected chi connectivity index (χ0v) is 23.7. The summed E-state index contributed by atoms with van der Waals surface area (Å²) in [5, 5.41) is 18.5. The summed E-state index contributed by atoms with van der Waals surface area (Å²) in [6.45, 7) is 5.36. The van der Waals surface area contributed by atoms with Gasteiger partial charge in [-0.15, -0.1) is 0 Å². The molecular weight excluding hydrogens is 522 g/mol. The van der Waals surface area contributed by atoms with Gasteiger partial charge in [0, 0.05) is 28.1 Å². The van der Waals surface area contributed by atoms with Crippen molar-refractivity contribution in [1.82, 2.24) is 10.0 Å². The first kappa shape index (κ1) is 29.0. The van der Waals surface area contributed by atoms with Crippen molar-refractivity contribution in [3.05, 3.63) is 114 Å². The van der Waals surface area contributed by atoms with Gasteiger partial charge in [0.2, 0.25) is 15.9 Å². The van der Waals surface area contributed by atoms with Crippen LogP contribution in [0.3, 0.4) is 0 Å². The molecule has 0 aliphatic carbocycles. The van der Waals surface area contributed by atoms with Crippen molar-refractivity contribution >= 4 is 38.5 Å². The lowest BCUT2D eigenvalue weighted by Crippen LogP contribution is -2.47. The summed E-state index contributed by atoms with van der Waals surface area (Å²) >= 11 is 0. The molecule has 2 atom stereocenters. The molecule has 0 heterocycles. The Kier molecular flexibility index (Phi) is 9.04. The largest absolute Gasteiger partial charge is 0.372 e. The number of anilines is 1. The minimum atomic E-state index is -3.80. The highest BCUT2D eigenvalue weighted by Gasteiger charge is 2.26. The Morgan fingerprint density at radius 3 is 2.10 bits per heavy atom. The number of carbonyl (C=O) groups excluding carboxylic acids is 1. The third-order valence-corrected chi connectivity index (χ3v) is 7.97. The third kappa shape index (κ3) is 7.79. The van der Waals surface area contributed by atoms with E-state index in [1.54, 1.807) is 51.1 Å². The van der Waals surface area contributed by atoms with E-state index in [4.69, 9.17) is 0 Å². The van der Waals surface area contributed by atoms with Gasteiger partial charge in [0.1, 0.15) is 6.23 Å². The van der Waals surface area contributed by atoms with Crippen LogP contribution >= 0.6 is 0 Å². The van der Waals surface area contributed by atoms with Crippen LogP contribution in [0, 0.1) is 0 Å². The summed E-state index contributed by atoms with van der Waals surface area (Å²) in [5.41, 5.74) is 1.73. The Hall–Kier alpha value is -3.98. The first-order valence-corrected chi connectivity index (χ1v) is 14.6. The SMILES string of the molecule is CC(C)(C)NS(=O)(=O)c1ccc(NC(O)C(Cc2ccccc2)NC(=O)/C=C/c2ccccc2)c2ccccc12. The van der Waals surface area contributed by atoms with Crippen LogP contribution in [-0.4, -0.2) is 37.2 Å². The molecule has 0 aliphatic heterocycles. The van der Waals surface area contributed by atoms with Crippen LogP contribution in [0.25, 0.3) is 16.8 Å². The number of aliphatic hydroxyl groups excluding tert-OH is 1. The number of hydrogen-bond donors (Lipinski definition) is 4. The lowest BCUT2D eigenvalue weighted by molar-refractivity contribution is -0.117. The number of carbonyl (C=O) groups is 1. The monoisotopic (exact) mass is 557 g/mol. The van der Waals surface area contributed by atoms with Gasteiger partial charge in [-0.2, -0.15) is 0 Å². The summed E-state index contributed by atoms with van der Waals surface area (Å²) in [6, 6.07) is 28.7. The van der Waals surface area contributed by atoms with E-state index < -0.39 is 27.8 Å². The van der Waals surface area contributed by atoms with Crippen LogP contribution in [0.5, 0.6) is 0 Å². The first-order valence-electron chi connectivity index (χ1n) is 13.1. The molecular formula is C32H35N3O4S. The second-order valence-corrected chi connectivity index (χ2v) is 12.3. The number of benzene rings is 4. The van der Waals surface area contributed by atoms with Gasteiger partial charge >= 0.3 is 0 Å². The maximum absolute atomic E-state index is 13.2. The maximum Gasteiger partial charge on any atom is 0.244 e. The predicted molar refractivity (Wildman–Crippen MR) is 161 cm³/mol. The molecule has 4 N–H and O–H groups in total. The molecule has 0 spiro atoms. The smallest absolute Gasteiger partial charge is 0.244 e. The van der Waals surface area contributed by atoms with Gasteiger partial charge in [-0.25, -0.2) is 13.1 Å². The van der Waals surface area contributed by atoms with Gasteiger partial charge in [0.15, 0.2) is 0 Å². The van der Waals surface area contributed by atoms with Crippen molar-refractivity contribution < 1.29 is 18.3 Å². The van der Waals surface area contributed by atoms with Gasteiger partial charge in [-0.3, -0.25) is 4.79 Å². The minimum absolute atomic E-state index is 0.151. The quantitative estimate of drug-likeness (QED) is 0.161. The van der Waals surface area contributed by atoms with Crippen molar-refractivity contribution in [1.29, 1.82) is 0 Å². The molecule has 0 fully saturated rings. The fraction of sp³-hybridized carbons (Fsp3) is 0.219. The lowest BCUT2D eigenvalue weighted by Gasteiger charge is -2.26. The van der Waals surface area contributed by atoms with Crippen LogP contribution < -0.4 is 15.4 Å². The fourth-order valence-electron chi connectivity index (χ4n) is 4.43. The fourth-order valence-corrected chi connectivity index (χ4v) is 6.06. The van der Waals surface area contributed by atoms with Gasteiger partial charge in [-0.05, 0) is 56.5 Å². The predicted octanol–water partition coefficient (Wildman–Crippen LogP) is 5.09.